The lowest BCUT2D eigenvalue weighted by molar-refractivity contribution is 0.476. The highest BCUT2D eigenvalue weighted by Gasteiger charge is 2.12. The van der Waals surface area contributed by atoms with Gasteiger partial charge in [0.15, 0.2) is 5.82 Å². The maximum absolute atomic E-state index is 11.7. The molecule has 0 radical (unpaired) electrons. The largest absolute Gasteiger partial charge is 0.507 e. The zero-order valence-corrected chi connectivity index (χ0v) is 10.8. The van der Waals surface area contributed by atoms with E-state index in [1.165, 1.54) is 12.1 Å². The second-order valence-electron chi connectivity index (χ2n) is 4.36. The molecule has 0 spiro atoms. The highest BCUT2D eigenvalue weighted by molar-refractivity contribution is 5.68. The van der Waals surface area contributed by atoms with E-state index in [2.05, 4.69) is 15.0 Å². The van der Waals surface area contributed by atoms with Crippen molar-refractivity contribution in [2.24, 2.45) is 0 Å². The second kappa shape index (κ2) is 5.09. The fraction of sp³-hybridized carbons (Fsp3) is 0. The first kappa shape index (κ1) is 12.9. The summed E-state index contributed by atoms with van der Waals surface area (Å²) in [5, 5.41) is 19.7. The van der Waals surface area contributed by atoms with Crippen molar-refractivity contribution in [3.8, 4) is 34.3 Å². The molecule has 0 bridgehead atoms. The fourth-order valence-electron chi connectivity index (χ4n) is 1.97. The maximum Gasteiger partial charge on any atom is 0.348 e. The van der Waals surface area contributed by atoms with Crippen LogP contribution >= 0.6 is 0 Å². The van der Waals surface area contributed by atoms with Gasteiger partial charge >= 0.3 is 5.69 Å². The molecular weight excluding hydrogens is 270 g/mol. The molecule has 21 heavy (non-hydrogen) atoms. The van der Waals surface area contributed by atoms with Crippen LogP contribution in [0.5, 0.6) is 11.5 Å². The average Bonchev–Trinajstić information content (AvgIpc) is 2.47. The van der Waals surface area contributed by atoms with Gasteiger partial charge in [0, 0.05) is 0 Å². The van der Waals surface area contributed by atoms with E-state index in [-0.39, 0.29) is 23.1 Å². The number of aromatic amines is 1. The van der Waals surface area contributed by atoms with Gasteiger partial charge in [0.2, 0.25) is 0 Å². The van der Waals surface area contributed by atoms with Crippen LogP contribution in [0, 0.1) is 0 Å². The average molecular weight is 281 g/mol. The molecule has 104 valence electrons. The van der Waals surface area contributed by atoms with Crippen molar-refractivity contribution in [1.29, 1.82) is 0 Å². The molecule has 6 heteroatoms. The van der Waals surface area contributed by atoms with E-state index < -0.39 is 5.69 Å². The normalized spacial score (nSPS) is 10.5. The van der Waals surface area contributed by atoms with E-state index in [0.717, 1.165) is 0 Å². The molecule has 0 saturated carbocycles. The molecule has 3 rings (SSSR count). The van der Waals surface area contributed by atoms with Gasteiger partial charge < -0.3 is 10.2 Å². The van der Waals surface area contributed by atoms with Crippen molar-refractivity contribution in [2.45, 2.75) is 0 Å². The second-order valence-corrected chi connectivity index (χ2v) is 4.36. The number of rotatable bonds is 2. The SMILES string of the molecule is O=c1nc(-c2ccccc2O)nc(-c2ccccc2O)[nH]1. The summed E-state index contributed by atoms with van der Waals surface area (Å²) in [7, 11) is 0. The fourth-order valence-corrected chi connectivity index (χ4v) is 1.97. The molecule has 0 fully saturated rings. The Bertz CT molecular complexity index is 792. The Morgan fingerprint density at radius 1 is 0.810 bits per heavy atom. The van der Waals surface area contributed by atoms with Crippen molar-refractivity contribution in [3.05, 3.63) is 59.0 Å². The van der Waals surface area contributed by atoms with E-state index in [4.69, 9.17) is 0 Å². The number of H-pyrrole nitrogens is 1. The van der Waals surface area contributed by atoms with Gasteiger partial charge in [-0.1, -0.05) is 24.3 Å². The molecule has 0 amide bonds. The van der Waals surface area contributed by atoms with Gasteiger partial charge in [0.1, 0.15) is 17.3 Å². The highest BCUT2D eigenvalue weighted by Crippen LogP contribution is 2.28. The van der Waals surface area contributed by atoms with Crippen LogP contribution < -0.4 is 5.69 Å². The van der Waals surface area contributed by atoms with Gasteiger partial charge in [-0.15, -0.1) is 0 Å². The first-order chi connectivity index (χ1) is 10.1. The minimum absolute atomic E-state index is 0.00455. The lowest BCUT2D eigenvalue weighted by Gasteiger charge is -2.06. The zero-order chi connectivity index (χ0) is 14.8. The monoisotopic (exact) mass is 281 g/mol. The summed E-state index contributed by atoms with van der Waals surface area (Å²) in [5.41, 5.74) is 0.121. The molecule has 0 atom stereocenters. The van der Waals surface area contributed by atoms with Crippen molar-refractivity contribution in [2.75, 3.05) is 0 Å². The van der Waals surface area contributed by atoms with Crippen molar-refractivity contribution in [1.82, 2.24) is 15.0 Å². The van der Waals surface area contributed by atoms with Crippen LogP contribution in [-0.4, -0.2) is 25.2 Å². The molecule has 0 unspecified atom stereocenters. The minimum Gasteiger partial charge on any atom is -0.507 e. The maximum atomic E-state index is 11.7. The Morgan fingerprint density at radius 3 is 2.00 bits per heavy atom. The summed E-state index contributed by atoms with van der Waals surface area (Å²) in [5.74, 6) is 0.253. The van der Waals surface area contributed by atoms with Crippen LogP contribution in [0.25, 0.3) is 22.8 Å². The number of phenols is 2. The topological polar surface area (TPSA) is 99.1 Å². The molecule has 1 heterocycles. The number of aromatic hydroxyl groups is 2. The van der Waals surface area contributed by atoms with Crippen molar-refractivity contribution >= 4 is 0 Å². The van der Waals surface area contributed by atoms with Crippen LogP contribution in [0.3, 0.4) is 0 Å². The van der Waals surface area contributed by atoms with Crippen LogP contribution in [-0.2, 0) is 0 Å². The Labute approximate surface area is 119 Å². The van der Waals surface area contributed by atoms with Gasteiger partial charge in [0.25, 0.3) is 0 Å². The molecule has 1 aromatic heterocycles. The molecule has 2 aromatic carbocycles. The van der Waals surface area contributed by atoms with Gasteiger partial charge in [-0.2, -0.15) is 4.98 Å². The van der Waals surface area contributed by atoms with E-state index in [9.17, 15) is 15.0 Å². The molecule has 0 aliphatic rings. The molecule has 6 nitrogen and oxygen atoms in total. The summed E-state index contributed by atoms with van der Waals surface area (Å²) in [6.07, 6.45) is 0. The van der Waals surface area contributed by atoms with Gasteiger partial charge in [-0.05, 0) is 24.3 Å². The van der Waals surface area contributed by atoms with Gasteiger partial charge in [0.05, 0.1) is 11.1 Å². The minimum atomic E-state index is -0.610. The molecular formula is C15H11N3O3. The number of nitrogens with one attached hydrogen (secondary N) is 1. The first-order valence-electron chi connectivity index (χ1n) is 6.20. The first-order valence-corrected chi connectivity index (χ1v) is 6.20. The van der Waals surface area contributed by atoms with E-state index in [1.807, 2.05) is 0 Å². The summed E-state index contributed by atoms with van der Waals surface area (Å²) in [6, 6.07) is 13.0. The number of nitrogens with zero attached hydrogens (tertiary/aromatic N) is 2. The Hall–Kier alpha value is -3.15. The van der Waals surface area contributed by atoms with E-state index >= 15 is 0 Å². The van der Waals surface area contributed by atoms with Crippen LogP contribution in [0.4, 0.5) is 0 Å². The Morgan fingerprint density at radius 2 is 1.38 bits per heavy atom. The Kier molecular flexibility index (Phi) is 3.12. The van der Waals surface area contributed by atoms with Crippen LogP contribution in [0.1, 0.15) is 0 Å². The molecule has 3 aromatic rings. The third kappa shape index (κ3) is 2.46. The zero-order valence-electron chi connectivity index (χ0n) is 10.8. The number of hydrogen-bond acceptors (Lipinski definition) is 5. The molecule has 0 aliphatic carbocycles. The van der Waals surface area contributed by atoms with Crippen LogP contribution in [0.2, 0.25) is 0 Å². The van der Waals surface area contributed by atoms with Crippen molar-refractivity contribution in [3.63, 3.8) is 0 Å². The molecule has 0 saturated heterocycles. The van der Waals surface area contributed by atoms with E-state index in [0.29, 0.717) is 11.1 Å². The summed E-state index contributed by atoms with van der Waals surface area (Å²) in [6.45, 7) is 0. The van der Waals surface area contributed by atoms with Gasteiger partial charge in [-0.25, -0.2) is 9.78 Å². The van der Waals surface area contributed by atoms with Crippen LogP contribution in [0.15, 0.2) is 53.3 Å². The summed E-state index contributed by atoms with van der Waals surface area (Å²) in [4.78, 5) is 22.2. The highest BCUT2D eigenvalue weighted by atomic mass is 16.3. The quantitative estimate of drug-likeness (QED) is 0.666. The van der Waals surface area contributed by atoms with Crippen molar-refractivity contribution < 1.29 is 10.2 Å². The standard InChI is InChI=1S/C15H11N3O3/c19-11-7-3-1-5-9(11)13-16-14(18-15(21)17-13)10-6-2-4-8-12(10)20/h1-8,19-20H,(H,16,17,18,21). The smallest absolute Gasteiger partial charge is 0.348 e. The predicted octanol–water partition coefficient (Wildman–Crippen LogP) is 1.91. The lowest BCUT2D eigenvalue weighted by Crippen LogP contribution is -2.14. The lowest BCUT2D eigenvalue weighted by atomic mass is 10.1. The summed E-state index contributed by atoms with van der Waals surface area (Å²) < 4.78 is 0. The number of aromatic nitrogens is 3. The predicted molar refractivity (Wildman–Crippen MR) is 76.9 cm³/mol. The summed E-state index contributed by atoms with van der Waals surface area (Å²) >= 11 is 0. The molecule has 0 aliphatic heterocycles. The van der Waals surface area contributed by atoms with Gasteiger partial charge in [-0.3, -0.25) is 4.98 Å². The number of hydrogen-bond donors (Lipinski definition) is 3. The Balaban J connectivity index is 2.21. The number of para-hydroxylation sites is 2. The number of phenolic OH excluding ortho intramolecular Hbond substituents is 2. The van der Waals surface area contributed by atoms with E-state index in [1.54, 1.807) is 36.4 Å². The third-order valence-electron chi connectivity index (χ3n) is 2.95. The third-order valence-corrected chi connectivity index (χ3v) is 2.95. The number of benzene rings is 2. The molecule has 3 N–H and O–H groups in total.